The summed E-state index contributed by atoms with van der Waals surface area (Å²) in [6.07, 6.45) is 0. The molecule has 0 aromatic heterocycles. The number of aryl methyl sites for hydroxylation is 2. The van der Waals surface area contributed by atoms with E-state index >= 15 is 0 Å². The molecule has 2 aromatic carbocycles. The highest BCUT2D eigenvalue weighted by Gasteiger charge is 2.26. The van der Waals surface area contributed by atoms with Crippen LogP contribution in [0.25, 0.3) is 0 Å². The molecule has 0 spiro atoms. The van der Waals surface area contributed by atoms with Crippen LogP contribution in [0.3, 0.4) is 0 Å². The Kier molecular flexibility index (Phi) is 5.30. The van der Waals surface area contributed by atoms with Crippen LogP contribution in [0, 0.1) is 13.8 Å². The lowest BCUT2D eigenvalue weighted by atomic mass is 10.1. The lowest BCUT2D eigenvalue weighted by molar-refractivity contribution is 0.303. The highest BCUT2D eigenvalue weighted by atomic mass is 32.2. The molecule has 0 amide bonds. The van der Waals surface area contributed by atoms with E-state index in [1.807, 2.05) is 37.0 Å². The normalized spacial score (nSPS) is 15.7. The van der Waals surface area contributed by atoms with Crippen LogP contribution in [0.1, 0.15) is 36.1 Å². The number of hydrogen-bond acceptors (Lipinski definition) is 5. The third kappa shape index (κ3) is 4.05. The van der Waals surface area contributed by atoms with Gasteiger partial charge in [-0.15, -0.1) is 11.8 Å². The van der Waals surface area contributed by atoms with Crippen molar-refractivity contribution in [2.24, 2.45) is 10.8 Å². The minimum absolute atomic E-state index is 0.0264. The van der Waals surface area contributed by atoms with E-state index in [0.717, 1.165) is 33.4 Å². The predicted octanol–water partition coefficient (Wildman–Crippen LogP) is 4.46. The fourth-order valence-corrected chi connectivity index (χ4v) is 4.19. The lowest BCUT2D eigenvalue weighted by Crippen LogP contribution is -2.26. The number of nitrogens with zero attached hydrogens (tertiary/aromatic N) is 2. The van der Waals surface area contributed by atoms with Gasteiger partial charge in [-0.1, -0.05) is 12.1 Å². The van der Waals surface area contributed by atoms with Crippen LogP contribution in [-0.4, -0.2) is 23.4 Å². The molecule has 0 unspecified atom stereocenters. The minimum Gasteiger partial charge on any atom is -0.489 e. The Bertz CT molecular complexity index is 843. The molecule has 0 saturated heterocycles. The first-order chi connectivity index (χ1) is 12.3. The summed E-state index contributed by atoms with van der Waals surface area (Å²) in [6.45, 7) is 9.00. The zero-order valence-corrected chi connectivity index (χ0v) is 17.0. The van der Waals surface area contributed by atoms with Gasteiger partial charge >= 0.3 is 0 Å². The molecule has 3 rings (SSSR count). The summed E-state index contributed by atoms with van der Waals surface area (Å²) in [6, 6.07) is 12.4. The zero-order chi connectivity index (χ0) is 18.9. The van der Waals surface area contributed by atoms with Gasteiger partial charge in [0.1, 0.15) is 12.4 Å². The third-order valence-electron chi connectivity index (χ3n) is 4.53. The van der Waals surface area contributed by atoms with E-state index in [2.05, 4.69) is 45.9 Å². The molecule has 2 aromatic rings. The Balaban J connectivity index is 1.78. The maximum atomic E-state index is 6.12. The summed E-state index contributed by atoms with van der Waals surface area (Å²) in [7, 11) is 1.85. The van der Waals surface area contributed by atoms with Gasteiger partial charge in [-0.3, -0.25) is 4.99 Å². The fraction of sp³-hybridized carbons (Fsp3) is 0.381. The molecule has 1 heterocycles. The molecule has 138 valence electrons. The quantitative estimate of drug-likeness (QED) is 0.624. The molecule has 0 radical (unpaired) electrons. The van der Waals surface area contributed by atoms with Crippen LogP contribution in [0.5, 0.6) is 5.75 Å². The second-order valence-electron chi connectivity index (χ2n) is 7.47. The van der Waals surface area contributed by atoms with E-state index in [1.165, 1.54) is 11.1 Å². The van der Waals surface area contributed by atoms with Crippen molar-refractivity contribution < 1.29 is 4.74 Å². The van der Waals surface area contributed by atoms with Gasteiger partial charge in [0.25, 0.3) is 0 Å². The highest BCUT2D eigenvalue weighted by molar-refractivity contribution is 8.14. The Morgan fingerprint density at radius 1 is 1.19 bits per heavy atom. The van der Waals surface area contributed by atoms with E-state index in [0.29, 0.717) is 6.61 Å². The molecular weight excluding hydrogens is 342 g/mol. The van der Waals surface area contributed by atoms with E-state index in [9.17, 15) is 0 Å². The maximum Gasteiger partial charge on any atom is 0.122 e. The molecule has 0 atom stereocenters. The standard InChI is InChI=1S/C21H27N3OS/c1-14-7-6-8-18(24(5)22)17(14)12-25-19-10-9-16(11-15(19)2)20-23-21(3,4)13-26-20/h6-11H,12-13,22H2,1-5H3. The number of hydrazine groups is 1. The topological polar surface area (TPSA) is 50.8 Å². The number of rotatable bonds is 5. The molecule has 26 heavy (non-hydrogen) atoms. The van der Waals surface area contributed by atoms with E-state index in [4.69, 9.17) is 15.6 Å². The molecule has 4 nitrogen and oxygen atoms in total. The van der Waals surface area contributed by atoms with Crippen molar-refractivity contribution in [1.82, 2.24) is 0 Å². The zero-order valence-electron chi connectivity index (χ0n) is 16.2. The second-order valence-corrected chi connectivity index (χ2v) is 8.43. The smallest absolute Gasteiger partial charge is 0.122 e. The van der Waals surface area contributed by atoms with Crippen molar-refractivity contribution in [3.63, 3.8) is 0 Å². The summed E-state index contributed by atoms with van der Waals surface area (Å²) in [5, 5.41) is 2.76. The maximum absolute atomic E-state index is 6.12. The van der Waals surface area contributed by atoms with Crippen molar-refractivity contribution in [2.75, 3.05) is 17.8 Å². The molecule has 0 saturated carbocycles. The van der Waals surface area contributed by atoms with Gasteiger partial charge in [-0.2, -0.15) is 0 Å². The number of hydrogen-bond donors (Lipinski definition) is 1. The Labute approximate surface area is 160 Å². The van der Waals surface area contributed by atoms with Crippen molar-refractivity contribution >= 4 is 22.5 Å². The van der Waals surface area contributed by atoms with Crippen molar-refractivity contribution in [3.05, 3.63) is 58.7 Å². The fourth-order valence-electron chi connectivity index (χ4n) is 3.03. The molecule has 0 fully saturated rings. The van der Waals surface area contributed by atoms with Gasteiger partial charge in [-0.25, -0.2) is 5.84 Å². The Morgan fingerprint density at radius 3 is 2.58 bits per heavy atom. The molecule has 2 N–H and O–H groups in total. The van der Waals surface area contributed by atoms with Crippen LogP contribution in [0.15, 0.2) is 41.4 Å². The number of benzene rings is 2. The van der Waals surface area contributed by atoms with Gasteiger partial charge < -0.3 is 9.75 Å². The molecule has 0 aliphatic carbocycles. The molecule has 1 aliphatic rings. The first-order valence-electron chi connectivity index (χ1n) is 8.80. The Hall–Kier alpha value is -1.98. The molecule has 0 bridgehead atoms. The molecule has 5 heteroatoms. The van der Waals surface area contributed by atoms with Crippen LogP contribution < -0.4 is 15.6 Å². The van der Waals surface area contributed by atoms with E-state index < -0.39 is 0 Å². The number of nitrogens with two attached hydrogens (primary N) is 1. The average Bonchev–Trinajstić information content (AvgIpc) is 2.94. The molecule has 1 aliphatic heterocycles. The largest absolute Gasteiger partial charge is 0.489 e. The van der Waals surface area contributed by atoms with Crippen LogP contribution in [0.2, 0.25) is 0 Å². The summed E-state index contributed by atoms with van der Waals surface area (Å²) >= 11 is 1.82. The Morgan fingerprint density at radius 2 is 1.96 bits per heavy atom. The monoisotopic (exact) mass is 369 g/mol. The van der Waals surface area contributed by atoms with Crippen molar-refractivity contribution in [3.8, 4) is 5.75 Å². The average molecular weight is 370 g/mol. The summed E-state index contributed by atoms with van der Waals surface area (Å²) in [5.41, 5.74) is 5.58. The number of thioether (sulfide) groups is 1. The number of ether oxygens (including phenoxy) is 1. The van der Waals surface area contributed by atoms with Crippen LogP contribution in [-0.2, 0) is 6.61 Å². The van der Waals surface area contributed by atoms with Gasteiger partial charge in [0.05, 0.1) is 16.3 Å². The first-order valence-corrected chi connectivity index (χ1v) is 9.79. The predicted molar refractivity (Wildman–Crippen MR) is 112 cm³/mol. The summed E-state index contributed by atoms with van der Waals surface area (Å²) in [4.78, 5) is 4.82. The number of anilines is 1. The minimum atomic E-state index is 0.0264. The van der Waals surface area contributed by atoms with Crippen LogP contribution in [0.4, 0.5) is 5.69 Å². The highest BCUT2D eigenvalue weighted by Crippen LogP contribution is 2.32. The van der Waals surface area contributed by atoms with Crippen LogP contribution >= 0.6 is 11.8 Å². The van der Waals surface area contributed by atoms with E-state index in [1.54, 1.807) is 5.01 Å². The molecular formula is C21H27N3OS. The van der Waals surface area contributed by atoms with Gasteiger partial charge in [0, 0.05) is 23.9 Å². The SMILES string of the molecule is Cc1cc(C2=NC(C)(C)CS2)ccc1OCc1c(C)cccc1N(C)N. The van der Waals surface area contributed by atoms with Gasteiger partial charge in [0.2, 0.25) is 0 Å². The summed E-state index contributed by atoms with van der Waals surface area (Å²) < 4.78 is 6.12. The van der Waals surface area contributed by atoms with Crippen molar-refractivity contribution in [1.29, 1.82) is 0 Å². The lowest BCUT2D eigenvalue weighted by Gasteiger charge is -2.19. The first kappa shape index (κ1) is 18.8. The van der Waals surface area contributed by atoms with Crippen molar-refractivity contribution in [2.45, 2.75) is 39.8 Å². The van der Waals surface area contributed by atoms with Gasteiger partial charge in [0.15, 0.2) is 0 Å². The van der Waals surface area contributed by atoms with E-state index in [-0.39, 0.29) is 5.54 Å². The third-order valence-corrected chi connectivity index (χ3v) is 5.98. The van der Waals surface area contributed by atoms with Gasteiger partial charge in [-0.05, 0) is 63.1 Å². The summed E-state index contributed by atoms with van der Waals surface area (Å²) in [5.74, 6) is 7.88. The number of aliphatic imine (C=N–C) groups is 1. The second kappa shape index (κ2) is 7.33.